The number of carbonyl (C=O) groups excluding carboxylic acids is 2. The molecule has 0 spiro atoms. The zero-order valence-electron chi connectivity index (χ0n) is 12.1. The molecule has 112 valence electrons. The maximum absolute atomic E-state index is 12.4. The van der Waals surface area contributed by atoms with Gasteiger partial charge in [0, 0.05) is 29.7 Å². The first-order valence-corrected chi connectivity index (χ1v) is 7.79. The number of amides is 2. The first kappa shape index (κ1) is 14.4. The highest BCUT2D eigenvalue weighted by Crippen LogP contribution is 2.31. The summed E-state index contributed by atoms with van der Waals surface area (Å²) in [6.07, 6.45) is 3.66. The van der Waals surface area contributed by atoms with Crippen LogP contribution in [0.2, 0.25) is 5.02 Å². The molecule has 0 aromatic heterocycles. The molecular formula is C16H19ClN2O2. The van der Waals surface area contributed by atoms with Crippen LogP contribution in [0, 0.1) is 12.8 Å². The Morgan fingerprint density at radius 1 is 1.38 bits per heavy atom. The third-order valence-electron chi connectivity index (χ3n) is 4.57. The Morgan fingerprint density at radius 2 is 2.14 bits per heavy atom. The summed E-state index contributed by atoms with van der Waals surface area (Å²) in [6.45, 7) is 2.42. The normalized spacial score (nSPS) is 22.3. The van der Waals surface area contributed by atoms with E-state index in [2.05, 4.69) is 5.32 Å². The highest BCUT2D eigenvalue weighted by molar-refractivity contribution is 6.31. The van der Waals surface area contributed by atoms with Crippen LogP contribution in [0.4, 0.5) is 5.69 Å². The Bertz CT molecular complexity index is 584. The van der Waals surface area contributed by atoms with Crippen molar-refractivity contribution in [3.05, 3.63) is 28.8 Å². The second-order valence-corrected chi connectivity index (χ2v) is 6.34. The van der Waals surface area contributed by atoms with Crippen LogP contribution in [0.1, 0.15) is 31.2 Å². The molecule has 2 amide bonds. The van der Waals surface area contributed by atoms with E-state index in [-0.39, 0.29) is 17.7 Å². The van der Waals surface area contributed by atoms with Crippen LogP contribution in [-0.4, -0.2) is 29.3 Å². The van der Waals surface area contributed by atoms with Crippen molar-refractivity contribution in [2.45, 2.75) is 38.6 Å². The molecule has 1 aromatic carbocycles. The van der Waals surface area contributed by atoms with Gasteiger partial charge in [0.25, 0.3) is 0 Å². The van der Waals surface area contributed by atoms with Crippen LogP contribution in [0.15, 0.2) is 18.2 Å². The van der Waals surface area contributed by atoms with Gasteiger partial charge in [-0.3, -0.25) is 9.59 Å². The van der Waals surface area contributed by atoms with Gasteiger partial charge in [0.2, 0.25) is 11.8 Å². The van der Waals surface area contributed by atoms with Crippen LogP contribution in [-0.2, 0) is 9.59 Å². The molecule has 1 aliphatic heterocycles. The molecule has 1 N–H and O–H groups in total. The molecule has 1 atom stereocenters. The number of nitrogens with zero attached hydrogens (tertiary/aromatic N) is 1. The Kier molecular flexibility index (Phi) is 3.89. The molecule has 0 bridgehead atoms. The molecule has 4 nitrogen and oxygen atoms in total. The van der Waals surface area contributed by atoms with E-state index in [1.807, 2.05) is 24.0 Å². The smallest absolute Gasteiger partial charge is 0.229 e. The van der Waals surface area contributed by atoms with Gasteiger partial charge in [-0.15, -0.1) is 0 Å². The molecule has 2 aliphatic rings. The average Bonchev–Trinajstić information content (AvgIpc) is 2.75. The predicted octanol–water partition coefficient (Wildman–Crippen LogP) is 2.99. The third-order valence-corrected chi connectivity index (χ3v) is 4.98. The molecule has 1 saturated carbocycles. The minimum atomic E-state index is -0.253. The van der Waals surface area contributed by atoms with Gasteiger partial charge in [-0.05, 0) is 43.9 Å². The van der Waals surface area contributed by atoms with Crippen molar-refractivity contribution in [3.63, 3.8) is 0 Å². The van der Waals surface area contributed by atoms with Crippen molar-refractivity contribution in [2.75, 3.05) is 11.9 Å². The Morgan fingerprint density at radius 3 is 2.81 bits per heavy atom. The Balaban J connectivity index is 1.66. The Hall–Kier alpha value is -1.55. The topological polar surface area (TPSA) is 49.4 Å². The fourth-order valence-electron chi connectivity index (χ4n) is 2.94. The molecule has 2 fully saturated rings. The van der Waals surface area contributed by atoms with Crippen LogP contribution in [0.3, 0.4) is 0 Å². The summed E-state index contributed by atoms with van der Waals surface area (Å²) in [5, 5.41) is 3.54. The van der Waals surface area contributed by atoms with E-state index < -0.39 is 0 Å². The Labute approximate surface area is 129 Å². The lowest BCUT2D eigenvalue weighted by Crippen LogP contribution is -2.41. The van der Waals surface area contributed by atoms with E-state index in [0.29, 0.717) is 24.0 Å². The average molecular weight is 307 g/mol. The van der Waals surface area contributed by atoms with E-state index in [1.54, 1.807) is 6.07 Å². The minimum absolute atomic E-state index is 0.0875. The van der Waals surface area contributed by atoms with Gasteiger partial charge in [0.15, 0.2) is 0 Å². The molecule has 1 heterocycles. The number of hydrogen-bond donors (Lipinski definition) is 1. The first-order chi connectivity index (χ1) is 10.1. The maximum Gasteiger partial charge on any atom is 0.229 e. The summed E-state index contributed by atoms with van der Waals surface area (Å²) in [4.78, 5) is 26.3. The van der Waals surface area contributed by atoms with Gasteiger partial charge in [-0.25, -0.2) is 0 Å². The predicted molar refractivity (Wildman–Crippen MR) is 82.3 cm³/mol. The monoisotopic (exact) mass is 306 g/mol. The largest absolute Gasteiger partial charge is 0.339 e. The van der Waals surface area contributed by atoms with E-state index in [9.17, 15) is 9.59 Å². The van der Waals surface area contributed by atoms with Crippen molar-refractivity contribution in [1.29, 1.82) is 0 Å². The minimum Gasteiger partial charge on any atom is -0.339 e. The highest BCUT2D eigenvalue weighted by Gasteiger charge is 2.39. The van der Waals surface area contributed by atoms with Crippen LogP contribution < -0.4 is 5.32 Å². The second kappa shape index (κ2) is 5.68. The van der Waals surface area contributed by atoms with Crippen LogP contribution in [0.5, 0.6) is 0 Å². The van der Waals surface area contributed by atoms with Gasteiger partial charge in [0.1, 0.15) is 0 Å². The van der Waals surface area contributed by atoms with Crippen molar-refractivity contribution in [2.24, 2.45) is 5.92 Å². The lowest BCUT2D eigenvalue weighted by atomic mass is 9.92. The molecule has 1 aliphatic carbocycles. The van der Waals surface area contributed by atoms with Crippen molar-refractivity contribution < 1.29 is 9.59 Å². The number of hydrogen-bond acceptors (Lipinski definition) is 2. The standard InChI is InChI=1S/C16H19ClN2O2/c1-10-13(17)6-3-7-14(10)18-16(21)11-8-15(20)19(9-11)12-4-2-5-12/h3,6-7,11-12H,2,4-5,8-9H2,1H3,(H,18,21). The fraction of sp³-hybridized carbons (Fsp3) is 0.500. The molecule has 1 aromatic rings. The SMILES string of the molecule is Cc1c(Cl)cccc1NC(=O)C1CC(=O)N(C2CCC2)C1. The molecular weight excluding hydrogens is 288 g/mol. The van der Waals surface area contributed by atoms with E-state index in [0.717, 1.165) is 24.1 Å². The number of likely N-dealkylation sites (tertiary alicyclic amines) is 1. The zero-order chi connectivity index (χ0) is 15.0. The molecule has 3 rings (SSSR count). The fourth-order valence-corrected chi connectivity index (χ4v) is 3.11. The van der Waals surface area contributed by atoms with Crippen molar-refractivity contribution in [3.8, 4) is 0 Å². The molecule has 5 heteroatoms. The van der Waals surface area contributed by atoms with E-state index in [4.69, 9.17) is 11.6 Å². The number of carbonyl (C=O) groups is 2. The van der Waals surface area contributed by atoms with E-state index in [1.165, 1.54) is 6.42 Å². The van der Waals surface area contributed by atoms with Gasteiger partial charge in [-0.1, -0.05) is 17.7 Å². The molecule has 0 radical (unpaired) electrons. The third kappa shape index (κ3) is 2.77. The van der Waals surface area contributed by atoms with Gasteiger partial charge < -0.3 is 10.2 Å². The van der Waals surface area contributed by atoms with Gasteiger partial charge >= 0.3 is 0 Å². The number of rotatable bonds is 3. The highest BCUT2D eigenvalue weighted by atomic mass is 35.5. The molecule has 1 saturated heterocycles. The second-order valence-electron chi connectivity index (χ2n) is 5.93. The van der Waals surface area contributed by atoms with Crippen molar-refractivity contribution in [1.82, 2.24) is 4.90 Å². The lowest BCUT2D eigenvalue weighted by Gasteiger charge is -2.34. The number of anilines is 1. The summed E-state index contributed by atoms with van der Waals surface area (Å²) in [6, 6.07) is 5.80. The van der Waals surface area contributed by atoms with E-state index >= 15 is 0 Å². The van der Waals surface area contributed by atoms with Crippen molar-refractivity contribution >= 4 is 29.1 Å². The first-order valence-electron chi connectivity index (χ1n) is 7.41. The summed E-state index contributed by atoms with van der Waals surface area (Å²) in [7, 11) is 0. The zero-order valence-corrected chi connectivity index (χ0v) is 12.8. The van der Waals surface area contributed by atoms with Gasteiger partial charge in [0.05, 0.1) is 5.92 Å². The van der Waals surface area contributed by atoms with Crippen LogP contribution in [0.25, 0.3) is 0 Å². The summed E-state index contributed by atoms with van der Waals surface area (Å²) < 4.78 is 0. The quantitative estimate of drug-likeness (QED) is 0.933. The maximum atomic E-state index is 12.4. The van der Waals surface area contributed by atoms with Crippen LogP contribution >= 0.6 is 11.6 Å². The molecule has 21 heavy (non-hydrogen) atoms. The number of benzene rings is 1. The summed E-state index contributed by atoms with van der Waals surface area (Å²) >= 11 is 6.06. The molecule has 1 unspecified atom stereocenters. The summed E-state index contributed by atoms with van der Waals surface area (Å²) in [5.41, 5.74) is 1.58. The number of nitrogens with one attached hydrogen (secondary N) is 1. The number of halogens is 1. The summed E-state index contributed by atoms with van der Waals surface area (Å²) in [5.74, 6) is -0.227. The lowest BCUT2D eigenvalue weighted by molar-refractivity contribution is -0.131. The van der Waals surface area contributed by atoms with Gasteiger partial charge in [-0.2, -0.15) is 0 Å².